The Hall–Kier alpha value is -2.15. The number of ether oxygens (including phenoxy) is 2. The average Bonchev–Trinajstić information content (AvgIpc) is 2.87. The summed E-state index contributed by atoms with van der Waals surface area (Å²) in [5, 5.41) is 12.1. The molecule has 0 spiro atoms. The molecular weight excluding hydrogens is 234 g/mol. The number of benzene rings is 1. The lowest BCUT2D eigenvalue weighted by atomic mass is 10.3. The van der Waals surface area contributed by atoms with Crippen molar-refractivity contribution >= 4 is 0 Å². The highest BCUT2D eigenvalue weighted by molar-refractivity contribution is 5.49. The Labute approximate surface area is 104 Å². The van der Waals surface area contributed by atoms with E-state index in [1.165, 1.54) is 4.80 Å². The highest BCUT2D eigenvalue weighted by Gasteiger charge is 2.10. The zero-order valence-corrected chi connectivity index (χ0v) is 10.3. The second-order valence-corrected chi connectivity index (χ2v) is 3.57. The summed E-state index contributed by atoms with van der Waals surface area (Å²) >= 11 is 0. The Balaban J connectivity index is 2.36. The van der Waals surface area contributed by atoms with Gasteiger partial charge in [0.25, 0.3) is 0 Å². The van der Waals surface area contributed by atoms with Crippen LogP contribution in [-0.2, 0) is 6.42 Å². The van der Waals surface area contributed by atoms with Crippen molar-refractivity contribution in [2.75, 3.05) is 20.8 Å². The van der Waals surface area contributed by atoms with Gasteiger partial charge >= 0.3 is 0 Å². The van der Waals surface area contributed by atoms with E-state index < -0.39 is 0 Å². The lowest BCUT2D eigenvalue weighted by Gasteiger charge is -2.08. The Morgan fingerprint density at radius 2 is 2.11 bits per heavy atom. The van der Waals surface area contributed by atoms with E-state index in [-0.39, 0.29) is 0 Å². The van der Waals surface area contributed by atoms with E-state index in [2.05, 4.69) is 15.4 Å². The molecule has 0 aliphatic carbocycles. The van der Waals surface area contributed by atoms with Gasteiger partial charge in [-0.3, -0.25) is 0 Å². The molecule has 18 heavy (non-hydrogen) atoms. The van der Waals surface area contributed by atoms with Crippen LogP contribution in [0.1, 0.15) is 5.82 Å². The number of nitrogens with zero attached hydrogens (tertiary/aromatic N) is 4. The van der Waals surface area contributed by atoms with Crippen LogP contribution in [0.15, 0.2) is 18.2 Å². The number of tetrazole rings is 1. The van der Waals surface area contributed by atoms with E-state index in [0.29, 0.717) is 36.0 Å². The van der Waals surface area contributed by atoms with Crippen LogP contribution in [0, 0.1) is 0 Å². The smallest absolute Gasteiger partial charge is 0.176 e. The van der Waals surface area contributed by atoms with E-state index in [4.69, 9.17) is 15.2 Å². The van der Waals surface area contributed by atoms with Gasteiger partial charge in [-0.15, -0.1) is 15.0 Å². The summed E-state index contributed by atoms with van der Waals surface area (Å²) in [6.07, 6.45) is 0.596. The first kappa shape index (κ1) is 12.3. The quantitative estimate of drug-likeness (QED) is 0.813. The van der Waals surface area contributed by atoms with Crippen molar-refractivity contribution in [3.8, 4) is 17.2 Å². The number of hydrogen-bond donors (Lipinski definition) is 1. The number of nitrogens with two attached hydrogens (primary N) is 1. The molecule has 0 aliphatic heterocycles. The topological polar surface area (TPSA) is 88.1 Å². The monoisotopic (exact) mass is 249 g/mol. The van der Waals surface area contributed by atoms with Crippen molar-refractivity contribution in [3.05, 3.63) is 24.0 Å². The molecule has 2 rings (SSSR count). The third kappa shape index (κ3) is 2.40. The lowest BCUT2D eigenvalue weighted by Crippen LogP contribution is -2.05. The molecule has 96 valence electrons. The van der Waals surface area contributed by atoms with E-state index >= 15 is 0 Å². The summed E-state index contributed by atoms with van der Waals surface area (Å²) in [6, 6.07) is 5.39. The summed E-state index contributed by atoms with van der Waals surface area (Å²) in [5.74, 6) is 1.93. The van der Waals surface area contributed by atoms with Crippen molar-refractivity contribution in [1.29, 1.82) is 0 Å². The van der Waals surface area contributed by atoms with Gasteiger partial charge in [0.15, 0.2) is 5.82 Å². The molecule has 1 aromatic carbocycles. The van der Waals surface area contributed by atoms with Crippen molar-refractivity contribution in [2.45, 2.75) is 6.42 Å². The van der Waals surface area contributed by atoms with Crippen LogP contribution in [0.3, 0.4) is 0 Å². The van der Waals surface area contributed by atoms with E-state index in [1.807, 2.05) is 12.1 Å². The summed E-state index contributed by atoms with van der Waals surface area (Å²) < 4.78 is 10.4. The van der Waals surface area contributed by atoms with Crippen LogP contribution in [-0.4, -0.2) is 41.0 Å². The third-order valence-electron chi connectivity index (χ3n) is 2.43. The second-order valence-electron chi connectivity index (χ2n) is 3.57. The van der Waals surface area contributed by atoms with Gasteiger partial charge < -0.3 is 15.2 Å². The predicted octanol–water partition coefficient (Wildman–Crippen LogP) is 0.181. The maximum absolute atomic E-state index is 5.44. The fraction of sp³-hybridized carbons (Fsp3) is 0.364. The fourth-order valence-electron chi connectivity index (χ4n) is 1.52. The molecular formula is C11H15N5O2. The fourth-order valence-corrected chi connectivity index (χ4v) is 1.52. The molecule has 0 aliphatic rings. The summed E-state index contributed by atoms with van der Waals surface area (Å²) in [6.45, 7) is 0.492. The zero-order chi connectivity index (χ0) is 13.0. The minimum absolute atomic E-state index is 0.492. The summed E-state index contributed by atoms with van der Waals surface area (Å²) in [4.78, 5) is 1.42. The molecule has 7 heteroatoms. The molecule has 0 unspecified atom stereocenters. The molecule has 0 bridgehead atoms. The van der Waals surface area contributed by atoms with Crippen LogP contribution in [0.5, 0.6) is 11.5 Å². The zero-order valence-electron chi connectivity index (χ0n) is 10.3. The van der Waals surface area contributed by atoms with Crippen molar-refractivity contribution in [1.82, 2.24) is 20.2 Å². The summed E-state index contributed by atoms with van der Waals surface area (Å²) in [5.41, 5.74) is 6.15. The van der Waals surface area contributed by atoms with Gasteiger partial charge in [-0.05, 0) is 23.9 Å². The standard InChI is InChI=1S/C11H15N5O2/c1-17-8-3-4-9(10(7-8)18-2)16-14-11(5-6-12)13-15-16/h3-4,7H,5-6,12H2,1-2H3. The SMILES string of the molecule is COc1ccc(-n2nnc(CCN)n2)c(OC)c1. The first-order chi connectivity index (χ1) is 8.78. The van der Waals surface area contributed by atoms with Gasteiger partial charge in [0, 0.05) is 12.5 Å². The van der Waals surface area contributed by atoms with Crippen LogP contribution in [0.4, 0.5) is 0 Å². The van der Waals surface area contributed by atoms with Crippen molar-refractivity contribution < 1.29 is 9.47 Å². The number of aromatic nitrogens is 4. The molecule has 0 fully saturated rings. The Morgan fingerprint density at radius 1 is 1.28 bits per heavy atom. The summed E-state index contributed by atoms with van der Waals surface area (Å²) in [7, 11) is 3.18. The third-order valence-corrected chi connectivity index (χ3v) is 2.43. The predicted molar refractivity (Wildman–Crippen MR) is 65.0 cm³/mol. The van der Waals surface area contributed by atoms with Gasteiger partial charge in [-0.2, -0.15) is 0 Å². The highest BCUT2D eigenvalue weighted by atomic mass is 16.5. The minimum atomic E-state index is 0.492. The van der Waals surface area contributed by atoms with Gasteiger partial charge in [0.05, 0.1) is 14.2 Å². The number of rotatable bonds is 5. The number of methoxy groups -OCH3 is 2. The van der Waals surface area contributed by atoms with Gasteiger partial charge in [0.1, 0.15) is 17.2 Å². The molecule has 0 saturated carbocycles. The minimum Gasteiger partial charge on any atom is -0.497 e. The normalized spacial score (nSPS) is 10.4. The molecule has 2 aromatic rings. The molecule has 0 saturated heterocycles. The molecule has 0 amide bonds. The van der Waals surface area contributed by atoms with E-state index in [0.717, 1.165) is 0 Å². The molecule has 1 aromatic heterocycles. The average molecular weight is 249 g/mol. The highest BCUT2D eigenvalue weighted by Crippen LogP contribution is 2.26. The van der Waals surface area contributed by atoms with E-state index in [9.17, 15) is 0 Å². The maximum atomic E-state index is 5.44. The Kier molecular flexibility index (Phi) is 3.73. The number of hydrogen-bond acceptors (Lipinski definition) is 6. The largest absolute Gasteiger partial charge is 0.497 e. The van der Waals surface area contributed by atoms with Crippen LogP contribution in [0.25, 0.3) is 5.69 Å². The second kappa shape index (κ2) is 5.46. The molecule has 2 N–H and O–H groups in total. The first-order valence-corrected chi connectivity index (χ1v) is 5.50. The van der Waals surface area contributed by atoms with Crippen molar-refractivity contribution in [3.63, 3.8) is 0 Å². The lowest BCUT2D eigenvalue weighted by molar-refractivity contribution is 0.391. The van der Waals surface area contributed by atoms with Crippen LogP contribution < -0.4 is 15.2 Å². The molecule has 1 heterocycles. The van der Waals surface area contributed by atoms with Gasteiger partial charge in [0.2, 0.25) is 0 Å². The van der Waals surface area contributed by atoms with Crippen LogP contribution >= 0.6 is 0 Å². The van der Waals surface area contributed by atoms with E-state index in [1.54, 1.807) is 20.3 Å². The Morgan fingerprint density at radius 3 is 2.78 bits per heavy atom. The Bertz CT molecular complexity index is 526. The van der Waals surface area contributed by atoms with Gasteiger partial charge in [-0.25, -0.2) is 0 Å². The van der Waals surface area contributed by atoms with Crippen molar-refractivity contribution in [2.24, 2.45) is 5.73 Å². The first-order valence-electron chi connectivity index (χ1n) is 5.50. The van der Waals surface area contributed by atoms with Crippen LogP contribution in [0.2, 0.25) is 0 Å². The van der Waals surface area contributed by atoms with Gasteiger partial charge in [-0.1, -0.05) is 0 Å². The maximum Gasteiger partial charge on any atom is 0.176 e. The molecule has 7 nitrogen and oxygen atoms in total. The molecule has 0 atom stereocenters. The molecule has 0 radical (unpaired) electrons.